The van der Waals surface area contributed by atoms with Gasteiger partial charge in [-0.1, -0.05) is 53.5 Å². The summed E-state index contributed by atoms with van der Waals surface area (Å²) < 4.78 is 0. The van der Waals surface area contributed by atoms with Crippen molar-refractivity contribution in [1.29, 1.82) is 0 Å². The van der Waals surface area contributed by atoms with Gasteiger partial charge in [-0.25, -0.2) is 4.98 Å². The first-order chi connectivity index (χ1) is 14.9. The maximum absolute atomic E-state index is 13.0. The van der Waals surface area contributed by atoms with Gasteiger partial charge in [-0.15, -0.1) is 11.3 Å². The van der Waals surface area contributed by atoms with E-state index < -0.39 is 6.04 Å². The van der Waals surface area contributed by atoms with Crippen LogP contribution in [0.2, 0.25) is 10.0 Å². The third kappa shape index (κ3) is 4.76. The van der Waals surface area contributed by atoms with Crippen molar-refractivity contribution in [3.63, 3.8) is 0 Å². The summed E-state index contributed by atoms with van der Waals surface area (Å²) >= 11 is 13.7. The number of rotatable bonds is 5. The van der Waals surface area contributed by atoms with Crippen molar-refractivity contribution in [3.05, 3.63) is 74.5 Å². The van der Waals surface area contributed by atoms with Crippen LogP contribution in [0.5, 0.6) is 0 Å². The lowest BCUT2D eigenvalue weighted by molar-refractivity contribution is -0.125. The van der Waals surface area contributed by atoms with Crippen molar-refractivity contribution >= 4 is 46.4 Å². The molecule has 2 atom stereocenters. The predicted molar refractivity (Wildman–Crippen MR) is 125 cm³/mol. The average Bonchev–Trinajstić information content (AvgIpc) is 3.46. The molecule has 4 rings (SSSR count). The fraction of sp³-hybridized carbons (Fsp3) is 0.261. The summed E-state index contributed by atoms with van der Waals surface area (Å²) in [5.74, 6) is -0.466. The Morgan fingerprint density at radius 1 is 1.19 bits per heavy atom. The lowest BCUT2D eigenvalue weighted by Crippen LogP contribution is -2.46. The number of nitrogens with zero attached hydrogens (tertiary/aromatic N) is 2. The van der Waals surface area contributed by atoms with Crippen molar-refractivity contribution in [2.24, 2.45) is 0 Å². The number of carbonyl (C=O) groups is 2. The molecule has 0 saturated carbocycles. The summed E-state index contributed by atoms with van der Waals surface area (Å²) in [6, 6.07) is 13.9. The molecule has 1 N–H and O–H groups in total. The highest BCUT2D eigenvalue weighted by molar-refractivity contribution is 7.10. The highest BCUT2D eigenvalue weighted by Gasteiger charge is 2.36. The number of amides is 2. The van der Waals surface area contributed by atoms with Crippen LogP contribution in [0, 0.1) is 0 Å². The standard InChI is InChI=1S/C23H21Cl2N3O2S/c1-14(22-27-19(13-31-22)15-6-3-2-4-7-15)26-21(29)20-8-5-11-28(20)23(30)17-12-16(24)9-10-18(17)25/h2-4,6-7,9-10,12-14,20H,5,8,11H2,1H3,(H,26,29). The van der Waals surface area contributed by atoms with Crippen LogP contribution in [0.1, 0.15) is 41.2 Å². The second kappa shape index (κ2) is 9.39. The molecule has 0 spiro atoms. The Kier molecular flexibility index (Phi) is 6.60. The van der Waals surface area contributed by atoms with E-state index in [0.717, 1.165) is 22.7 Å². The second-order valence-electron chi connectivity index (χ2n) is 7.45. The second-order valence-corrected chi connectivity index (χ2v) is 9.18. The van der Waals surface area contributed by atoms with Crippen LogP contribution in [0.25, 0.3) is 11.3 Å². The molecule has 5 nitrogen and oxygen atoms in total. The van der Waals surface area contributed by atoms with Gasteiger partial charge >= 0.3 is 0 Å². The fourth-order valence-corrected chi connectivity index (χ4v) is 4.90. The van der Waals surface area contributed by atoms with Crippen LogP contribution in [0.4, 0.5) is 0 Å². The Hall–Kier alpha value is -2.41. The molecule has 2 unspecified atom stereocenters. The number of benzene rings is 2. The number of thiazole rings is 1. The molecule has 0 radical (unpaired) electrons. The largest absolute Gasteiger partial charge is 0.345 e. The highest BCUT2D eigenvalue weighted by Crippen LogP contribution is 2.28. The smallest absolute Gasteiger partial charge is 0.256 e. The minimum absolute atomic E-state index is 0.187. The normalized spacial score (nSPS) is 16.9. The predicted octanol–water partition coefficient (Wildman–Crippen LogP) is 5.60. The van der Waals surface area contributed by atoms with E-state index >= 15 is 0 Å². The molecule has 1 fully saturated rings. The zero-order chi connectivity index (χ0) is 22.0. The number of likely N-dealkylation sites (tertiary alicyclic amines) is 1. The minimum Gasteiger partial charge on any atom is -0.345 e. The Morgan fingerprint density at radius 3 is 2.74 bits per heavy atom. The molecule has 31 heavy (non-hydrogen) atoms. The van der Waals surface area contributed by atoms with Gasteiger partial charge in [0.15, 0.2) is 0 Å². The number of hydrogen-bond donors (Lipinski definition) is 1. The molecule has 0 aliphatic carbocycles. The van der Waals surface area contributed by atoms with Crippen molar-refractivity contribution in [1.82, 2.24) is 15.2 Å². The first-order valence-corrected chi connectivity index (χ1v) is 11.6. The van der Waals surface area contributed by atoms with E-state index in [2.05, 4.69) is 10.3 Å². The van der Waals surface area contributed by atoms with E-state index in [1.807, 2.05) is 42.6 Å². The summed E-state index contributed by atoms with van der Waals surface area (Å²) in [6.07, 6.45) is 1.36. The topological polar surface area (TPSA) is 62.3 Å². The Morgan fingerprint density at radius 2 is 1.97 bits per heavy atom. The molecule has 1 aliphatic rings. The maximum atomic E-state index is 13.0. The molecule has 160 valence electrons. The molecule has 1 aromatic heterocycles. The average molecular weight is 474 g/mol. The first kappa shape index (κ1) is 21.8. The Labute approximate surface area is 195 Å². The van der Waals surface area contributed by atoms with Gasteiger partial charge < -0.3 is 10.2 Å². The molecular formula is C23H21Cl2N3O2S. The quantitative estimate of drug-likeness (QED) is 0.524. The van der Waals surface area contributed by atoms with Crippen LogP contribution in [-0.2, 0) is 4.79 Å². The van der Waals surface area contributed by atoms with E-state index in [4.69, 9.17) is 23.2 Å². The zero-order valence-corrected chi connectivity index (χ0v) is 19.2. The van der Waals surface area contributed by atoms with Crippen molar-refractivity contribution in [3.8, 4) is 11.3 Å². The molecule has 2 amide bonds. The van der Waals surface area contributed by atoms with Crippen molar-refractivity contribution < 1.29 is 9.59 Å². The minimum atomic E-state index is -0.543. The van der Waals surface area contributed by atoms with E-state index in [1.165, 1.54) is 11.3 Å². The van der Waals surface area contributed by atoms with Crippen molar-refractivity contribution in [2.75, 3.05) is 6.54 Å². The van der Waals surface area contributed by atoms with Crippen LogP contribution in [0.15, 0.2) is 53.9 Å². The van der Waals surface area contributed by atoms with E-state index in [-0.39, 0.29) is 17.9 Å². The van der Waals surface area contributed by atoms with Gasteiger partial charge in [0.1, 0.15) is 11.0 Å². The first-order valence-electron chi connectivity index (χ1n) is 10.0. The highest BCUT2D eigenvalue weighted by atomic mass is 35.5. The molecule has 3 aromatic rings. The summed E-state index contributed by atoms with van der Waals surface area (Å²) in [5.41, 5.74) is 2.24. The molecule has 2 heterocycles. The zero-order valence-electron chi connectivity index (χ0n) is 16.8. The molecule has 0 bridgehead atoms. The molecule has 8 heteroatoms. The lowest BCUT2D eigenvalue weighted by atomic mass is 10.1. The molecular weight excluding hydrogens is 453 g/mol. The number of halogens is 2. The third-order valence-electron chi connectivity index (χ3n) is 5.30. The van der Waals surface area contributed by atoms with E-state index in [0.29, 0.717) is 28.6 Å². The number of aromatic nitrogens is 1. The third-order valence-corrected chi connectivity index (χ3v) is 6.89. The van der Waals surface area contributed by atoms with Crippen LogP contribution < -0.4 is 5.32 Å². The summed E-state index contributed by atoms with van der Waals surface area (Å²) in [4.78, 5) is 32.3. The lowest BCUT2D eigenvalue weighted by Gasteiger charge is -2.25. The molecule has 2 aromatic carbocycles. The molecule has 1 saturated heterocycles. The summed E-state index contributed by atoms with van der Waals surface area (Å²) in [7, 11) is 0. The van der Waals surface area contributed by atoms with Gasteiger partial charge in [-0.2, -0.15) is 0 Å². The van der Waals surface area contributed by atoms with Crippen LogP contribution >= 0.6 is 34.5 Å². The Bertz CT molecular complexity index is 1100. The number of nitrogens with one attached hydrogen (secondary N) is 1. The van der Waals surface area contributed by atoms with Gasteiger partial charge in [0.25, 0.3) is 5.91 Å². The van der Waals surface area contributed by atoms with Crippen LogP contribution in [-0.4, -0.2) is 34.3 Å². The Balaban J connectivity index is 1.46. The number of carbonyl (C=O) groups excluding carboxylic acids is 2. The van der Waals surface area contributed by atoms with Gasteiger partial charge in [0, 0.05) is 22.5 Å². The van der Waals surface area contributed by atoms with Gasteiger partial charge in [-0.05, 0) is 38.0 Å². The monoisotopic (exact) mass is 473 g/mol. The number of hydrogen-bond acceptors (Lipinski definition) is 4. The van der Waals surface area contributed by atoms with E-state index in [1.54, 1.807) is 23.1 Å². The van der Waals surface area contributed by atoms with Crippen LogP contribution in [0.3, 0.4) is 0 Å². The maximum Gasteiger partial charge on any atom is 0.256 e. The summed E-state index contributed by atoms with van der Waals surface area (Å²) in [5, 5.41) is 6.58. The van der Waals surface area contributed by atoms with Gasteiger partial charge in [-0.3, -0.25) is 9.59 Å². The van der Waals surface area contributed by atoms with Gasteiger partial charge in [0.05, 0.1) is 22.3 Å². The van der Waals surface area contributed by atoms with E-state index in [9.17, 15) is 9.59 Å². The summed E-state index contributed by atoms with van der Waals surface area (Å²) in [6.45, 7) is 2.41. The van der Waals surface area contributed by atoms with Gasteiger partial charge in [0.2, 0.25) is 5.91 Å². The van der Waals surface area contributed by atoms with Crippen molar-refractivity contribution in [2.45, 2.75) is 31.8 Å². The SMILES string of the molecule is CC(NC(=O)C1CCCN1C(=O)c1cc(Cl)ccc1Cl)c1nc(-c2ccccc2)cs1. The molecule has 1 aliphatic heterocycles. The fourth-order valence-electron chi connectivity index (χ4n) is 3.70.